The van der Waals surface area contributed by atoms with E-state index < -0.39 is 0 Å². The van der Waals surface area contributed by atoms with E-state index in [2.05, 4.69) is 15.6 Å². The Hall–Kier alpha value is -2.11. The SMILES string of the molecule is O=C(NCCNc1cccnc1)C1CCN(C(=O)C2CC2)CC1. The van der Waals surface area contributed by atoms with Crippen molar-refractivity contribution in [3.05, 3.63) is 24.5 Å². The average Bonchev–Trinajstić information content (AvgIpc) is 3.44. The number of nitrogens with zero attached hydrogens (tertiary/aromatic N) is 2. The first-order valence-electron chi connectivity index (χ1n) is 8.44. The van der Waals surface area contributed by atoms with Crippen molar-refractivity contribution in [3.63, 3.8) is 0 Å². The van der Waals surface area contributed by atoms with Gasteiger partial charge in [-0.1, -0.05) is 0 Å². The van der Waals surface area contributed by atoms with Crippen molar-refractivity contribution >= 4 is 17.5 Å². The first kappa shape index (κ1) is 15.8. The topological polar surface area (TPSA) is 74.3 Å². The lowest BCUT2D eigenvalue weighted by Crippen LogP contribution is -2.44. The molecule has 0 bridgehead atoms. The first-order valence-corrected chi connectivity index (χ1v) is 8.44. The molecule has 1 saturated carbocycles. The monoisotopic (exact) mass is 316 g/mol. The van der Waals surface area contributed by atoms with Crippen LogP contribution in [0.3, 0.4) is 0 Å². The predicted molar refractivity (Wildman–Crippen MR) is 87.8 cm³/mol. The van der Waals surface area contributed by atoms with E-state index in [-0.39, 0.29) is 17.7 Å². The molecule has 23 heavy (non-hydrogen) atoms. The minimum atomic E-state index is 0.0386. The zero-order valence-corrected chi connectivity index (χ0v) is 13.3. The van der Waals surface area contributed by atoms with E-state index in [4.69, 9.17) is 0 Å². The molecule has 1 aliphatic heterocycles. The van der Waals surface area contributed by atoms with Gasteiger partial charge >= 0.3 is 0 Å². The van der Waals surface area contributed by atoms with Crippen LogP contribution in [-0.4, -0.2) is 47.9 Å². The normalized spacial score (nSPS) is 18.5. The summed E-state index contributed by atoms with van der Waals surface area (Å²) in [4.78, 5) is 30.1. The number of pyridine rings is 1. The largest absolute Gasteiger partial charge is 0.382 e. The van der Waals surface area contributed by atoms with Crippen molar-refractivity contribution in [2.24, 2.45) is 11.8 Å². The summed E-state index contributed by atoms with van der Waals surface area (Å²) in [6.07, 6.45) is 7.13. The number of carbonyl (C=O) groups excluding carboxylic acids is 2. The molecule has 6 nitrogen and oxygen atoms in total. The second kappa shape index (κ2) is 7.44. The number of nitrogens with one attached hydrogen (secondary N) is 2. The minimum absolute atomic E-state index is 0.0386. The highest BCUT2D eigenvalue weighted by molar-refractivity contribution is 5.82. The summed E-state index contributed by atoms with van der Waals surface area (Å²) < 4.78 is 0. The minimum Gasteiger partial charge on any atom is -0.382 e. The van der Waals surface area contributed by atoms with Gasteiger partial charge in [-0.3, -0.25) is 14.6 Å². The summed E-state index contributed by atoms with van der Waals surface area (Å²) in [6, 6.07) is 3.82. The number of likely N-dealkylation sites (tertiary alicyclic amines) is 1. The number of piperidine rings is 1. The Bertz CT molecular complexity index is 537. The molecule has 2 N–H and O–H groups in total. The molecule has 0 atom stereocenters. The van der Waals surface area contributed by atoms with E-state index in [1.165, 1.54) is 0 Å². The molecule has 0 spiro atoms. The van der Waals surface area contributed by atoms with Crippen molar-refractivity contribution in [1.82, 2.24) is 15.2 Å². The maximum Gasteiger partial charge on any atom is 0.225 e. The van der Waals surface area contributed by atoms with E-state index in [1.54, 1.807) is 12.4 Å². The Morgan fingerprint density at radius 1 is 1.13 bits per heavy atom. The van der Waals surface area contributed by atoms with Crippen LogP contribution in [0.1, 0.15) is 25.7 Å². The lowest BCUT2D eigenvalue weighted by Gasteiger charge is -2.31. The Morgan fingerprint density at radius 3 is 2.57 bits per heavy atom. The van der Waals surface area contributed by atoms with Crippen LogP contribution < -0.4 is 10.6 Å². The van der Waals surface area contributed by atoms with Gasteiger partial charge in [0.15, 0.2) is 0 Å². The van der Waals surface area contributed by atoms with Crippen LogP contribution in [0.15, 0.2) is 24.5 Å². The highest BCUT2D eigenvalue weighted by Crippen LogP contribution is 2.32. The fourth-order valence-corrected chi connectivity index (χ4v) is 2.95. The third kappa shape index (κ3) is 4.43. The Balaban J connectivity index is 1.32. The number of hydrogen-bond donors (Lipinski definition) is 2. The van der Waals surface area contributed by atoms with E-state index in [1.807, 2.05) is 17.0 Å². The van der Waals surface area contributed by atoms with Crippen molar-refractivity contribution in [1.29, 1.82) is 0 Å². The molecule has 2 fully saturated rings. The molecule has 0 radical (unpaired) electrons. The average molecular weight is 316 g/mol. The predicted octanol–water partition coefficient (Wildman–Crippen LogP) is 1.26. The zero-order chi connectivity index (χ0) is 16.1. The van der Waals surface area contributed by atoms with Gasteiger partial charge in [-0.25, -0.2) is 0 Å². The second-order valence-electron chi connectivity index (χ2n) is 6.33. The third-order valence-electron chi connectivity index (χ3n) is 4.52. The molecule has 0 aromatic carbocycles. The van der Waals surface area contributed by atoms with Gasteiger partial charge in [0.05, 0.1) is 5.69 Å². The molecule has 1 aromatic rings. The van der Waals surface area contributed by atoms with Crippen LogP contribution in [0, 0.1) is 11.8 Å². The number of amides is 2. The van der Waals surface area contributed by atoms with Crippen LogP contribution >= 0.6 is 0 Å². The molecule has 2 amide bonds. The summed E-state index contributed by atoms with van der Waals surface area (Å²) in [6.45, 7) is 2.72. The molecule has 124 valence electrons. The molecule has 1 aliphatic carbocycles. The van der Waals surface area contributed by atoms with Crippen molar-refractivity contribution in [2.75, 3.05) is 31.5 Å². The maximum atomic E-state index is 12.2. The molecule has 2 heterocycles. The van der Waals surface area contributed by atoms with Gasteiger partial charge in [0.2, 0.25) is 11.8 Å². The van der Waals surface area contributed by atoms with Crippen molar-refractivity contribution < 1.29 is 9.59 Å². The summed E-state index contributed by atoms with van der Waals surface area (Å²) in [5.41, 5.74) is 0.952. The zero-order valence-electron chi connectivity index (χ0n) is 13.3. The molecule has 1 saturated heterocycles. The number of rotatable bonds is 6. The standard InChI is InChI=1S/C17H24N4O2/c22-16(20-9-8-19-15-2-1-7-18-12-15)13-5-10-21(11-6-13)17(23)14-3-4-14/h1-2,7,12-14,19H,3-6,8-11H2,(H,20,22). The smallest absolute Gasteiger partial charge is 0.225 e. The summed E-state index contributed by atoms with van der Waals surface area (Å²) in [5, 5.41) is 6.19. The van der Waals surface area contributed by atoms with E-state index >= 15 is 0 Å². The molecule has 6 heteroatoms. The lowest BCUT2D eigenvalue weighted by atomic mass is 9.95. The van der Waals surface area contributed by atoms with Gasteiger partial charge in [-0.05, 0) is 37.8 Å². The molecule has 1 aromatic heterocycles. The van der Waals surface area contributed by atoms with E-state index in [0.29, 0.717) is 19.0 Å². The molecular formula is C17H24N4O2. The Morgan fingerprint density at radius 2 is 1.91 bits per heavy atom. The summed E-state index contributed by atoms with van der Waals surface area (Å²) >= 11 is 0. The van der Waals surface area contributed by atoms with Crippen molar-refractivity contribution in [3.8, 4) is 0 Å². The highest BCUT2D eigenvalue weighted by atomic mass is 16.2. The van der Waals surface area contributed by atoms with Gasteiger partial charge in [0, 0.05) is 50.4 Å². The van der Waals surface area contributed by atoms with Crippen LogP contribution in [0.2, 0.25) is 0 Å². The lowest BCUT2D eigenvalue weighted by molar-refractivity contribution is -0.136. The summed E-state index contributed by atoms with van der Waals surface area (Å²) in [5.74, 6) is 0.719. The number of carbonyl (C=O) groups is 2. The Kier molecular flexibility index (Phi) is 5.10. The fraction of sp³-hybridized carbons (Fsp3) is 0.588. The summed E-state index contributed by atoms with van der Waals surface area (Å²) in [7, 11) is 0. The van der Waals surface area contributed by atoms with Gasteiger partial charge in [0.25, 0.3) is 0 Å². The second-order valence-corrected chi connectivity index (χ2v) is 6.33. The third-order valence-corrected chi connectivity index (χ3v) is 4.52. The molecular weight excluding hydrogens is 292 g/mol. The van der Waals surface area contributed by atoms with Gasteiger partial charge in [0.1, 0.15) is 0 Å². The number of anilines is 1. The molecule has 2 aliphatic rings. The fourth-order valence-electron chi connectivity index (χ4n) is 2.95. The van der Waals surface area contributed by atoms with Gasteiger partial charge in [-0.15, -0.1) is 0 Å². The first-order chi connectivity index (χ1) is 11.2. The van der Waals surface area contributed by atoms with Crippen LogP contribution in [-0.2, 0) is 9.59 Å². The quantitative estimate of drug-likeness (QED) is 0.775. The molecule has 3 rings (SSSR count). The number of aromatic nitrogens is 1. The van der Waals surface area contributed by atoms with Crippen LogP contribution in [0.4, 0.5) is 5.69 Å². The maximum absolute atomic E-state index is 12.2. The van der Waals surface area contributed by atoms with Gasteiger partial charge < -0.3 is 15.5 Å². The highest BCUT2D eigenvalue weighted by Gasteiger charge is 2.35. The van der Waals surface area contributed by atoms with Crippen molar-refractivity contribution in [2.45, 2.75) is 25.7 Å². The van der Waals surface area contributed by atoms with E-state index in [0.717, 1.165) is 44.5 Å². The van der Waals surface area contributed by atoms with E-state index in [9.17, 15) is 9.59 Å². The van der Waals surface area contributed by atoms with Gasteiger partial charge in [-0.2, -0.15) is 0 Å². The Labute approximate surface area is 136 Å². The number of hydrogen-bond acceptors (Lipinski definition) is 4. The van der Waals surface area contributed by atoms with Crippen LogP contribution in [0.25, 0.3) is 0 Å². The van der Waals surface area contributed by atoms with Crippen LogP contribution in [0.5, 0.6) is 0 Å². The molecule has 0 unspecified atom stereocenters.